The summed E-state index contributed by atoms with van der Waals surface area (Å²) in [4.78, 5) is 29.1. The minimum absolute atomic E-state index is 0.00724. The lowest BCUT2D eigenvalue weighted by Gasteiger charge is -2.59. The predicted octanol–water partition coefficient (Wildman–Crippen LogP) is 2.82. The van der Waals surface area contributed by atoms with Crippen LogP contribution in [0.3, 0.4) is 0 Å². The van der Waals surface area contributed by atoms with E-state index in [0.717, 1.165) is 5.57 Å². The van der Waals surface area contributed by atoms with Crippen LogP contribution >= 0.6 is 0 Å². The fraction of sp³-hybridized carbons (Fsp3) is 0.593. The molecule has 1 unspecified atom stereocenters. The summed E-state index contributed by atoms with van der Waals surface area (Å²) in [6.45, 7) is 3.34. The third-order valence-corrected chi connectivity index (χ3v) is 9.78. The molecule has 2 saturated carbocycles. The summed E-state index contributed by atoms with van der Waals surface area (Å²) < 4.78 is 26.5. The first kappa shape index (κ1) is 23.2. The summed E-state index contributed by atoms with van der Waals surface area (Å²) in [6, 6.07) is 2.81. The van der Waals surface area contributed by atoms with Crippen LogP contribution in [-0.4, -0.2) is 51.2 Å². The van der Waals surface area contributed by atoms with Gasteiger partial charge in [0.1, 0.15) is 6.61 Å². The number of carbonyl (C=O) groups excluding carboxylic acids is 2. The number of ketones is 2. The zero-order valence-corrected chi connectivity index (χ0v) is 19.8. The van der Waals surface area contributed by atoms with Gasteiger partial charge in [-0.25, -0.2) is 4.98 Å². The first-order chi connectivity index (χ1) is 16.6. The van der Waals surface area contributed by atoms with Gasteiger partial charge in [0.15, 0.2) is 23.5 Å². The van der Waals surface area contributed by atoms with Crippen molar-refractivity contribution in [2.45, 2.75) is 63.6 Å². The van der Waals surface area contributed by atoms with Crippen molar-refractivity contribution in [1.29, 1.82) is 0 Å². The molecule has 0 bridgehead atoms. The van der Waals surface area contributed by atoms with Gasteiger partial charge in [-0.1, -0.05) is 31.6 Å². The molecule has 0 amide bonds. The Labute approximate surface area is 203 Å². The van der Waals surface area contributed by atoms with E-state index in [4.69, 9.17) is 9.47 Å². The number of ether oxygens (including phenoxy) is 2. The number of Topliss-reactive ketones (excluding diaryl/α,β-unsaturated/α-hetero) is 1. The van der Waals surface area contributed by atoms with Crippen LogP contribution in [0.1, 0.15) is 51.4 Å². The summed E-state index contributed by atoms with van der Waals surface area (Å²) in [7, 11) is 0. The predicted molar refractivity (Wildman–Crippen MR) is 121 cm³/mol. The zero-order chi connectivity index (χ0) is 24.8. The molecule has 1 aliphatic heterocycles. The molecule has 186 valence electrons. The van der Waals surface area contributed by atoms with Gasteiger partial charge in [-0.15, -0.1) is 0 Å². The summed E-state index contributed by atoms with van der Waals surface area (Å²) in [5, 5.41) is 21.6. The second-order valence-corrected chi connectivity index (χ2v) is 11.2. The lowest BCUT2D eigenvalue weighted by Crippen LogP contribution is -2.63. The van der Waals surface area contributed by atoms with Gasteiger partial charge in [0.2, 0.25) is 5.95 Å². The molecule has 6 rings (SSSR count). The fourth-order valence-corrected chi connectivity index (χ4v) is 8.31. The van der Waals surface area contributed by atoms with Crippen molar-refractivity contribution in [2.24, 2.45) is 28.6 Å². The molecule has 0 radical (unpaired) electrons. The Hall–Kier alpha value is -2.26. The van der Waals surface area contributed by atoms with Crippen LogP contribution in [0.5, 0.6) is 0 Å². The number of fused-ring (bicyclic) bond motifs is 7. The fourth-order valence-electron chi connectivity index (χ4n) is 8.31. The average Bonchev–Trinajstić information content (AvgIpc) is 3.32. The average molecular weight is 484 g/mol. The van der Waals surface area contributed by atoms with Crippen molar-refractivity contribution in [1.82, 2.24) is 4.98 Å². The number of hydrogen-bond donors (Lipinski definition) is 2. The second-order valence-electron chi connectivity index (χ2n) is 11.2. The van der Waals surface area contributed by atoms with Gasteiger partial charge in [0, 0.05) is 41.0 Å². The topological polar surface area (TPSA) is 106 Å². The highest BCUT2D eigenvalue weighted by molar-refractivity contribution is 5.93. The molecule has 1 saturated heterocycles. The summed E-state index contributed by atoms with van der Waals surface area (Å²) in [5.41, 5.74) is -1.20. The van der Waals surface area contributed by atoms with E-state index in [-0.39, 0.29) is 23.5 Å². The van der Waals surface area contributed by atoms with Crippen molar-refractivity contribution < 1.29 is 33.7 Å². The van der Waals surface area contributed by atoms with E-state index in [1.807, 2.05) is 13.0 Å². The molecule has 1 aromatic rings. The number of pyridine rings is 1. The Balaban J connectivity index is 1.41. The number of aliphatic hydroxyl groups excluding tert-OH is 2. The van der Waals surface area contributed by atoms with E-state index in [2.05, 4.69) is 18.0 Å². The SMILES string of the molecule is C[C@]12C=CC(=O)CC1=CC[C@@H]1[C@@H]2[C@@H](O)C[C@@]2(C)[C@H]1C[C@H]1OC(c3ccnc(F)c3)O[C@]12C(=O)CO. The number of rotatable bonds is 3. The first-order valence-electron chi connectivity index (χ1n) is 12.3. The second kappa shape index (κ2) is 7.62. The molecule has 0 spiro atoms. The van der Waals surface area contributed by atoms with Gasteiger partial charge in [0.25, 0.3) is 0 Å². The van der Waals surface area contributed by atoms with E-state index in [9.17, 15) is 24.2 Å². The molecule has 7 nitrogen and oxygen atoms in total. The van der Waals surface area contributed by atoms with Crippen molar-refractivity contribution in [3.05, 3.63) is 53.6 Å². The van der Waals surface area contributed by atoms with Gasteiger partial charge in [-0.2, -0.15) is 4.39 Å². The number of hydrogen-bond acceptors (Lipinski definition) is 7. The van der Waals surface area contributed by atoms with E-state index >= 15 is 0 Å². The molecular weight excluding hydrogens is 453 g/mol. The van der Waals surface area contributed by atoms with Crippen LogP contribution in [0.4, 0.5) is 4.39 Å². The Morgan fingerprint density at radius 1 is 1.34 bits per heavy atom. The molecule has 2 N–H and O–H groups in total. The highest BCUT2D eigenvalue weighted by Crippen LogP contribution is 2.70. The molecule has 4 aliphatic carbocycles. The van der Waals surface area contributed by atoms with Crippen molar-refractivity contribution in [3.8, 4) is 0 Å². The van der Waals surface area contributed by atoms with E-state index in [0.29, 0.717) is 31.2 Å². The lowest BCUT2D eigenvalue weighted by atomic mass is 9.47. The normalized spacial score (nSPS) is 45.9. The summed E-state index contributed by atoms with van der Waals surface area (Å²) in [6.07, 6.45) is 6.59. The molecule has 5 aliphatic rings. The molecule has 9 atom stereocenters. The van der Waals surface area contributed by atoms with Crippen LogP contribution in [0.15, 0.2) is 42.1 Å². The zero-order valence-electron chi connectivity index (χ0n) is 19.8. The van der Waals surface area contributed by atoms with Crippen molar-refractivity contribution in [2.75, 3.05) is 6.61 Å². The number of carbonyl (C=O) groups is 2. The van der Waals surface area contributed by atoms with Gasteiger partial charge < -0.3 is 19.7 Å². The van der Waals surface area contributed by atoms with Gasteiger partial charge >= 0.3 is 0 Å². The molecule has 0 aromatic carbocycles. The first-order valence-corrected chi connectivity index (χ1v) is 12.3. The van der Waals surface area contributed by atoms with Crippen LogP contribution in [-0.2, 0) is 19.1 Å². The Morgan fingerprint density at radius 3 is 2.89 bits per heavy atom. The minimum Gasteiger partial charge on any atom is -0.393 e. The van der Waals surface area contributed by atoms with E-state index < -0.39 is 53.3 Å². The van der Waals surface area contributed by atoms with Gasteiger partial charge in [0.05, 0.1) is 12.2 Å². The summed E-state index contributed by atoms with van der Waals surface area (Å²) in [5.74, 6) is -1.14. The van der Waals surface area contributed by atoms with Crippen molar-refractivity contribution in [3.63, 3.8) is 0 Å². The highest BCUT2D eigenvalue weighted by atomic mass is 19.1. The molecule has 8 heteroatoms. The highest BCUT2D eigenvalue weighted by Gasteiger charge is 2.75. The third-order valence-electron chi connectivity index (χ3n) is 9.78. The Morgan fingerprint density at radius 2 is 2.14 bits per heavy atom. The molecule has 1 aromatic heterocycles. The van der Waals surface area contributed by atoms with Crippen LogP contribution in [0.25, 0.3) is 0 Å². The third kappa shape index (κ3) is 2.94. The van der Waals surface area contributed by atoms with Crippen molar-refractivity contribution >= 4 is 11.6 Å². The number of aromatic nitrogens is 1. The smallest absolute Gasteiger partial charge is 0.213 e. The number of aliphatic hydroxyl groups is 2. The van der Waals surface area contributed by atoms with Gasteiger partial charge in [-0.05, 0) is 43.2 Å². The van der Waals surface area contributed by atoms with Crippen LogP contribution < -0.4 is 0 Å². The standard InChI is InChI=1S/C27H30FNO6/c1-25-7-5-16(31)10-15(25)3-4-17-18-11-21-27(20(33)13-30,26(18,2)12-19(32)23(17)25)35-24(34-21)14-6-8-29-22(28)9-14/h3,5-9,17-19,21,23-24,30,32H,4,10-13H2,1-2H3/t17-,18-,19-,21+,23+,24?,25-,26-,27+/m0/s1. The number of allylic oxidation sites excluding steroid dienone is 4. The van der Waals surface area contributed by atoms with Crippen LogP contribution in [0.2, 0.25) is 0 Å². The largest absolute Gasteiger partial charge is 0.393 e. The quantitative estimate of drug-likeness (QED) is 0.503. The Bertz CT molecular complexity index is 1170. The van der Waals surface area contributed by atoms with E-state index in [1.165, 1.54) is 12.3 Å². The minimum atomic E-state index is -1.45. The number of halogens is 1. The molecular formula is C27H30FNO6. The molecule has 35 heavy (non-hydrogen) atoms. The Kier molecular flexibility index (Phi) is 5.04. The maximum absolute atomic E-state index is 13.8. The van der Waals surface area contributed by atoms with Crippen LogP contribution in [0, 0.1) is 34.5 Å². The summed E-state index contributed by atoms with van der Waals surface area (Å²) >= 11 is 0. The maximum atomic E-state index is 13.8. The molecule has 2 heterocycles. The van der Waals surface area contributed by atoms with E-state index in [1.54, 1.807) is 12.1 Å². The lowest BCUT2D eigenvalue weighted by molar-refractivity contribution is -0.199. The monoisotopic (exact) mass is 483 g/mol. The number of nitrogens with zero attached hydrogens (tertiary/aromatic N) is 1. The van der Waals surface area contributed by atoms with Gasteiger partial charge in [-0.3, -0.25) is 9.59 Å². The molecule has 3 fully saturated rings. The maximum Gasteiger partial charge on any atom is 0.213 e.